The molecule has 7 amide bonds. The lowest BCUT2D eigenvalue weighted by Gasteiger charge is -2.31. The molecule has 1 heterocycles. The van der Waals surface area contributed by atoms with Crippen molar-refractivity contribution in [3.05, 3.63) is 22.8 Å². The number of aliphatic hydroxyl groups is 3. The minimum Gasteiger partial charge on any atom is -0.508 e. The molecule has 1 aliphatic rings. The lowest BCUT2D eigenvalue weighted by atomic mass is 9.96. The summed E-state index contributed by atoms with van der Waals surface area (Å²) in [6.45, 7) is 9.07. The Morgan fingerprint density at radius 3 is 1.80 bits per heavy atom. The van der Waals surface area contributed by atoms with Crippen molar-refractivity contribution in [2.24, 2.45) is 11.7 Å². The number of primary amides is 1. The summed E-state index contributed by atoms with van der Waals surface area (Å²) < 4.78 is 5.42. The Morgan fingerprint density at radius 2 is 1.26 bits per heavy atom. The van der Waals surface area contributed by atoms with Crippen LogP contribution in [-0.4, -0.2) is 129 Å². The topological polar surface area (TPSA) is 299 Å². The Balaban J connectivity index is 2.26. The zero-order chi connectivity index (χ0) is 49.5. The molecule has 0 aliphatic carbocycles. The van der Waals surface area contributed by atoms with E-state index in [4.69, 9.17) is 10.5 Å². The Hall–Kier alpha value is -5.01. The minimum absolute atomic E-state index is 0.0668. The van der Waals surface area contributed by atoms with Crippen LogP contribution in [-0.2, 0) is 35.3 Å². The number of benzene rings is 1. The minimum atomic E-state index is -1.67. The van der Waals surface area contributed by atoms with E-state index in [1.165, 1.54) is 39.4 Å². The monoisotopic (exact) mass is 934 g/mol. The predicted octanol–water partition coefficient (Wildman–Crippen LogP) is 2.25. The van der Waals surface area contributed by atoms with Crippen molar-refractivity contribution in [3.8, 4) is 11.5 Å². The molecule has 19 heteroatoms. The number of carbonyl (C=O) groups excluding carboxylic acids is 7. The van der Waals surface area contributed by atoms with Gasteiger partial charge < -0.3 is 62.4 Å². The third-order valence-electron chi connectivity index (χ3n) is 12.3. The van der Waals surface area contributed by atoms with Crippen LogP contribution in [0.2, 0.25) is 0 Å². The highest BCUT2D eigenvalue weighted by Gasteiger charge is 2.41. The molecule has 1 aliphatic heterocycles. The summed E-state index contributed by atoms with van der Waals surface area (Å²) >= 11 is 0. The van der Waals surface area contributed by atoms with Gasteiger partial charge in [0.05, 0.1) is 51.0 Å². The van der Waals surface area contributed by atoms with Crippen LogP contribution in [0.15, 0.2) is 6.07 Å². The van der Waals surface area contributed by atoms with Crippen molar-refractivity contribution in [1.29, 1.82) is 0 Å². The summed E-state index contributed by atoms with van der Waals surface area (Å²) in [7, 11) is 1.36. The van der Waals surface area contributed by atoms with Gasteiger partial charge in [-0.05, 0) is 38.7 Å². The first-order valence-electron chi connectivity index (χ1n) is 23.8. The number of rotatable bonds is 33. The lowest BCUT2D eigenvalue weighted by Crippen LogP contribution is -2.62. The summed E-state index contributed by atoms with van der Waals surface area (Å²) in [5.41, 5.74) is 6.32. The fourth-order valence-electron chi connectivity index (χ4n) is 8.02. The Kier molecular flexibility index (Phi) is 25.6. The van der Waals surface area contributed by atoms with Crippen molar-refractivity contribution in [2.45, 2.75) is 193 Å². The zero-order valence-electron chi connectivity index (χ0n) is 40.2. The number of nitrogens with zero attached hydrogens (tertiary/aromatic N) is 1. The Bertz CT molecular complexity index is 1760. The summed E-state index contributed by atoms with van der Waals surface area (Å²) in [6, 6.07) is -6.52. The van der Waals surface area contributed by atoms with E-state index < -0.39 is 103 Å². The summed E-state index contributed by atoms with van der Waals surface area (Å²) in [6.07, 6.45) is 10.5. The molecule has 0 spiro atoms. The van der Waals surface area contributed by atoms with E-state index in [9.17, 15) is 54.0 Å². The summed E-state index contributed by atoms with van der Waals surface area (Å²) in [5, 5.41) is 54.5. The first-order valence-corrected chi connectivity index (χ1v) is 23.8. The maximum absolute atomic E-state index is 14.1. The van der Waals surface area contributed by atoms with Gasteiger partial charge in [0.25, 0.3) is 5.91 Å². The number of nitrogens with two attached hydrogens (primary N) is 1. The van der Waals surface area contributed by atoms with Gasteiger partial charge in [-0.15, -0.1) is 0 Å². The van der Waals surface area contributed by atoms with E-state index in [1.807, 2.05) is 6.92 Å². The number of aliphatic hydroxyl groups excluding tert-OH is 3. The quantitative estimate of drug-likeness (QED) is 0.0454. The van der Waals surface area contributed by atoms with Gasteiger partial charge >= 0.3 is 0 Å². The molecule has 0 saturated carbocycles. The van der Waals surface area contributed by atoms with Crippen molar-refractivity contribution < 1.29 is 58.7 Å². The smallest absolute Gasteiger partial charge is 0.255 e. The highest BCUT2D eigenvalue weighted by Crippen LogP contribution is 2.39. The number of nitrogens with one attached hydrogen (secondary N) is 5. The molecule has 19 nitrogen and oxygen atoms in total. The Labute approximate surface area is 390 Å². The lowest BCUT2D eigenvalue weighted by molar-refractivity contribution is -0.138. The van der Waals surface area contributed by atoms with Crippen molar-refractivity contribution in [3.63, 3.8) is 0 Å². The van der Waals surface area contributed by atoms with Crippen LogP contribution >= 0.6 is 0 Å². The highest BCUT2D eigenvalue weighted by atomic mass is 16.5. The number of carbonyl (C=O) groups is 7. The average molecular weight is 934 g/mol. The van der Waals surface area contributed by atoms with Gasteiger partial charge in [-0.1, -0.05) is 111 Å². The standard InChI is InChI=1S/C47H79N7O12/c1-8-11-13-15-16-17-18-19-21-31(26-55)49-43(61)35(24-38(48)59)51-42(60)34(22-20-14-12-9-2)50-45(63)39(28(4)10-3)52-46(64)40(30(6)57)53-44(62)36(27-56)54-25-33-32(47(54)65)23-37(58)29(5)41(33)66-7/h23,28,30-31,34-36,39-40,55-58H,8-22,24-27H2,1-7H3,(H2,48,59)(H,49,61)(H,50,63)(H,51,60)(H,52,64)(H,53,62)/t28-,30+,31-,34-,35-,36-,39-,40+/m0/s1. The normalized spacial score (nSPS) is 15.8. The summed E-state index contributed by atoms with van der Waals surface area (Å²) in [4.78, 5) is 95.8. The molecule has 1 aromatic rings. The number of unbranched alkanes of at least 4 members (excludes halogenated alkanes) is 10. The van der Waals surface area contributed by atoms with Gasteiger partial charge in [0.1, 0.15) is 41.7 Å². The molecule has 0 radical (unpaired) electrons. The molecule has 66 heavy (non-hydrogen) atoms. The van der Waals surface area contributed by atoms with Crippen LogP contribution < -0.4 is 37.1 Å². The van der Waals surface area contributed by atoms with Crippen LogP contribution in [0.1, 0.15) is 159 Å². The first-order chi connectivity index (χ1) is 31.4. The van der Waals surface area contributed by atoms with Crippen molar-refractivity contribution >= 4 is 41.4 Å². The van der Waals surface area contributed by atoms with Crippen molar-refractivity contribution in [2.75, 3.05) is 20.3 Å². The molecule has 0 unspecified atom stereocenters. The molecule has 0 saturated heterocycles. The molecule has 2 rings (SSSR count). The van der Waals surface area contributed by atoms with E-state index in [0.29, 0.717) is 30.4 Å². The second-order valence-electron chi connectivity index (χ2n) is 17.6. The van der Waals surface area contributed by atoms with Gasteiger partial charge in [-0.25, -0.2) is 0 Å². The van der Waals surface area contributed by atoms with E-state index in [2.05, 4.69) is 33.5 Å². The maximum atomic E-state index is 14.1. The number of amides is 7. The fourth-order valence-corrected chi connectivity index (χ4v) is 8.02. The summed E-state index contributed by atoms with van der Waals surface area (Å²) in [5.74, 6) is -6.28. The van der Waals surface area contributed by atoms with E-state index in [0.717, 1.165) is 56.3 Å². The Morgan fingerprint density at radius 1 is 0.727 bits per heavy atom. The van der Waals surface area contributed by atoms with Gasteiger partial charge in [-0.2, -0.15) is 0 Å². The third kappa shape index (κ3) is 17.3. The van der Waals surface area contributed by atoms with Crippen LogP contribution in [0, 0.1) is 12.8 Å². The van der Waals surface area contributed by atoms with Crippen LogP contribution in [0.25, 0.3) is 0 Å². The number of fused-ring (bicyclic) bond motifs is 1. The maximum Gasteiger partial charge on any atom is 0.255 e. The van der Waals surface area contributed by atoms with Crippen LogP contribution in [0.3, 0.4) is 0 Å². The van der Waals surface area contributed by atoms with E-state index >= 15 is 0 Å². The van der Waals surface area contributed by atoms with Crippen LogP contribution in [0.4, 0.5) is 0 Å². The highest BCUT2D eigenvalue weighted by molar-refractivity contribution is 6.03. The molecule has 1 aromatic carbocycles. The fraction of sp³-hybridized carbons (Fsp3) is 0.723. The largest absolute Gasteiger partial charge is 0.508 e. The van der Waals surface area contributed by atoms with Crippen molar-refractivity contribution in [1.82, 2.24) is 31.5 Å². The number of phenols is 1. The second kappa shape index (κ2) is 29.6. The van der Waals surface area contributed by atoms with Gasteiger partial charge in [0.15, 0.2) is 0 Å². The molecule has 0 fully saturated rings. The average Bonchev–Trinajstić information content (AvgIpc) is 3.59. The number of hydrogen-bond acceptors (Lipinski definition) is 12. The number of methoxy groups -OCH3 is 1. The molecule has 11 N–H and O–H groups in total. The van der Waals surface area contributed by atoms with E-state index in [1.54, 1.807) is 20.8 Å². The van der Waals surface area contributed by atoms with Crippen LogP contribution in [0.5, 0.6) is 11.5 Å². The molecule has 8 atom stereocenters. The molecule has 0 bridgehead atoms. The number of hydrogen-bond donors (Lipinski definition) is 10. The predicted molar refractivity (Wildman–Crippen MR) is 248 cm³/mol. The SMILES string of the molecule is CCCCCCCCCC[C@@H](CO)NC(=O)[C@H](CC(N)=O)NC(=O)[C@H](CCCCCC)NC(=O)[C@@H](NC(=O)[C@H](NC(=O)[C@H](CO)N1Cc2c(cc(O)c(C)c2OC)C1=O)[C@@H](C)O)[C@@H](C)CC. The molecular formula is C47H79N7O12. The molecule has 374 valence electrons. The second-order valence-corrected chi connectivity index (χ2v) is 17.6. The zero-order valence-corrected chi connectivity index (χ0v) is 40.2. The van der Waals surface area contributed by atoms with E-state index in [-0.39, 0.29) is 36.6 Å². The third-order valence-corrected chi connectivity index (χ3v) is 12.3. The number of phenolic OH excluding ortho intramolecular Hbond substituents is 1. The van der Waals surface area contributed by atoms with Gasteiger partial charge in [-0.3, -0.25) is 33.6 Å². The first kappa shape index (κ1) is 57.1. The molecular weight excluding hydrogens is 855 g/mol. The number of aromatic hydroxyl groups is 1. The molecule has 0 aromatic heterocycles. The number of ether oxygens (including phenoxy) is 1. The van der Waals surface area contributed by atoms with Gasteiger partial charge in [0.2, 0.25) is 35.4 Å². The van der Waals surface area contributed by atoms with Gasteiger partial charge in [0, 0.05) is 11.1 Å².